The van der Waals surface area contributed by atoms with E-state index in [0.29, 0.717) is 41.8 Å². The van der Waals surface area contributed by atoms with Gasteiger partial charge in [-0.25, -0.2) is 13.4 Å². The van der Waals surface area contributed by atoms with Crippen LogP contribution in [0, 0.1) is 0 Å². The average molecular weight is 565 g/mol. The lowest BCUT2D eigenvalue weighted by atomic mass is 10.0. The summed E-state index contributed by atoms with van der Waals surface area (Å²) in [5.74, 6) is 1.05. The SMILES string of the molecule is CN(C)CCN(C(=O)c1ccc(S(=O)(=O)N2CCCc3ccccc32)cc1)c1nc2cc3c(cc2s1)OCO3. The maximum atomic E-state index is 13.7. The molecule has 4 aromatic rings. The first kappa shape index (κ1) is 25.6. The van der Waals surface area contributed by atoms with E-state index in [4.69, 9.17) is 14.5 Å². The summed E-state index contributed by atoms with van der Waals surface area (Å²) in [6, 6.07) is 17.5. The van der Waals surface area contributed by atoms with Crippen LogP contribution in [0.25, 0.3) is 10.2 Å². The molecule has 3 heterocycles. The summed E-state index contributed by atoms with van der Waals surface area (Å²) >= 11 is 1.40. The van der Waals surface area contributed by atoms with Gasteiger partial charge in [-0.05, 0) is 62.8 Å². The van der Waals surface area contributed by atoms with E-state index in [1.165, 1.54) is 27.8 Å². The highest BCUT2D eigenvalue weighted by molar-refractivity contribution is 7.92. The second-order valence-corrected chi connectivity index (χ2v) is 12.6. The Hall–Kier alpha value is -3.67. The number of aromatic nitrogens is 1. The molecule has 6 rings (SSSR count). The topological polar surface area (TPSA) is 92.3 Å². The lowest BCUT2D eigenvalue weighted by Gasteiger charge is -2.30. The number of hydrogen-bond acceptors (Lipinski definition) is 8. The van der Waals surface area contributed by atoms with Gasteiger partial charge in [0.2, 0.25) is 6.79 Å². The van der Waals surface area contributed by atoms with Crippen molar-refractivity contribution in [3.63, 3.8) is 0 Å². The Morgan fingerprint density at radius 1 is 1.03 bits per heavy atom. The van der Waals surface area contributed by atoms with Crippen LogP contribution in [-0.4, -0.2) is 64.7 Å². The molecule has 0 N–H and O–H groups in total. The Morgan fingerprint density at radius 3 is 2.54 bits per heavy atom. The van der Waals surface area contributed by atoms with E-state index in [-0.39, 0.29) is 17.6 Å². The highest BCUT2D eigenvalue weighted by Crippen LogP contribution is 2.40. The Balaban J connectivity index is 1.29. The Bertz CT molecular complexity index is 1610. The second-order valence-electron chi connectivity index (χ2n) is 9.76. The molecule has 1 amide bonds. The van der Waals surface area contributed by atoms with Crippen molar-refractivity contribution in [2.75, 3.05) is 49.7 Å². The summed E-state index contributed by atoms with van der Waals surface area (Å²) < 4.78 is 40.4. The first-order valence-corrected chi connectivity index (χ1v) is 14.9. The standard InChI is InChI=1S/C28H28N4O5S2/c1-30(2)14-15-31(28-29-22-16-24-25(37-18-36-24)17-26(22)38-28)27(33)20-9-11-21(12-10-20)39(34,35)32-13-5-7-19-6-3-4-8-23(19)32/h3-4,6,8-12,16-17H,5,7,13-15,18H2,1-2H3. The summed E-state index contributed by atoms with van der Waals surface area (Å²) in [6.07, 6.45) is 1.61. The van der Waals surface area contributed by atoms with Gasteiger partial charge in [0.25, 0.3) is 15.9 Å². The van der Waals surface area contributed by atoms with Crippen LogP contribution in [0.1, 0.15) is 22.3 Å². The highest BCUT2D eigenvalue weighted by atomic mass is 32.2. The van der Waals surface area contributed by atoms with Gasteiger partial charge in [-0.15, -0.1) is 0 Å². The number of thiazole rings is 1. The van der Waals surface area contributed by atoms with Crippen molar-refractivity contribution in [3.8, 4) is 11.5 Å². The third-order valence-electron chi connectivity index (χ3n) is 6.88. The molecule has 0 fully saturated rings. The van der Waals surface area contributed by atoms with Crippen LogP contribution in [0.2, 0.25) is 0 Å². The van der Waals surface area contributed by atoms with Crippen molar-refractivity contribution in [2.45, 2.75) is 17.7 Å². The molecule has 0 saturated heterocycles. The minimum absolute atomic E-state index is 0.157. The van der Waals surface area contributed by atoms with Crippen LogP contribution < -0.4 is 18.7 Å². The van der Waals surface area contributed by atoms with Gasteiger partial charge in [-0.1, -0.05) is 29.5 Å². The number of sulfonamides is 1. The summed E-state index contributed by atoms with van der Waals surface area (Å²) in [6.45, 7) is 1.66. The Labute approximate surface area is 231 Å². The van der Waals surface area contributed by atoms with E-state index in [0.717, 1.165) is 34.3 Å². The van der Waals surface area contributed by atoms with Crippen LogP contribution in [-0.2, 0) is 16.4 Å². The van der Waals surface area contributed by atoms with Crippen molar-refractivity contribution < 1.29 is 22.7 Å². The molecule has 0 aliphatic carbocycles. The largest absolute Gasteiger partial charge is 0.454 e. The fourth-order valence-electron chi connectivity index (χ4n) is 4.81. The number of rotatable bonds is 7. The van der Waals surface area contributed by atoms with Gasteiger partial charge in [0.05, 0.1) is 20.8 Å². The van der Waals surface area contributed by atoms with Crippen LogP contribution in [0.3, 0.4) is 0 Å². The fraction of sp³-hybridized carbons (Fsp3) is 0.286. The first-order valence-electron chi connectivity index (χ1n) is 12.7. The van der Waals surface area contributed by atoms with E-state index >= 15 is 0 Å². The van der Waals surface area contributed by atoms with Gasteiger partial charge >= 0.3 is 0 Å². The van der Waals surface area contributed by atoms with Crippen molar-refractivity contribution in [3.05, 3.63) is 71.8 Å². The maximum Gasteiger partial charge on any atom is 0.264 e. The summed E-state index contributed by atoms with van der Waals surface area (Å²) in [5, 5.41) is 0.558. The number of likely N-dealkylation sites (N-methyl/N-ethyl adjacent to an activating group) is 1. The lowest BCUT2D eigenvalue weighted by Crippen LogP contribution is -2.37. The minimum atomic E-state index is -3.77. The zero-order valence-corrected chi connectivity index (χ0v) is 23.3. The molecule has 0 unspecified atom stereocenters. The molecule has 2 aliphatic heterocycles. The minimum Gasteiger partial charge on any atom is -0.454 e. The Morgan fingerprint density at radius 2 is 1.77 bits per heavy atom. The number of anilines is 2. The summed E-state index contributed by atoms with van der Waals surface area (Å²) in [7, 11) is 0.120. The third kappa shape index (κ3) is 4.81. The third-order valence-corrected chi connectivity index (χ3v) is 9.74. The van der Waals surface area contributed by atoms with Gasteiger partial charge < -0.3 is 14.4 Å². The number of nitrogens with zero attached hydrogens (tertiary/aromatic N) is 4. The molecule has 39 heavy (non-hydrogen) atoms. The number of ether oxygens (including phenoxy) is 2. The first-order chi connectivity index (χ1) is 18.8. The summed E-state index contributed by atoms with van der Waals surface area (Å²) in [5.41, 5.74) is 2.86. The molecular weight excluding hydrogens is 536 g/mol. The van der Waals surface area contributed by atoms with Crippen molar-refractivity contribution in [1.29, 1.82) is 0 Å². The lowest BCUT2D eigenvalue weighted by molar-refractivity contribution is 0.0985. The fourth-order valence-corrected chi connectivity index (χ4v) is 7.35. The van der Waals surface area contributed by atoms with Crippen LogP contribution >= 0.6 is 11.3 Å². The number of carbonyl (C=O) groups is 1. The maximum absolute atomic E-state index is 13.7. The van der Waals surface area contributed by atoms with E-state index in [9.17, 15) is 13.2 Å². The molecule has 0 radical (unpaired) electrons. The molecule has 9 nitrogen and oxygen atoms in total. The van der Waals surface area contributed by atoms with Crippen molar-refractivity contribution in [1.82, 2.24) is 9.88 Å². The molecule has 2 aliphatic rings. The predicted octanol–water partition coefficient (Wildman–Crippen LogP) is 4.37. The van der Waals surface area contributed by atoms with Crippen LogP contribution in [0.15, 0.2) is 65.6 Å². The van der Waals surface area contributed by atoms with Crippen LogP contribution in [0.4, 0.5) is 10.8 Å². The Kier molecular flexibility index (Phi) is 6.66. The average Bonchev–Trinajstić information content (AvgIpc) is 3.57. The number of amides is 1. The highest BCUT2D eigenvalue weighted by Gasteiger charge is 2.30. The monoisotopic (exact) mass is 564 g/mol. The number of hydrogen-bond donors (Lipinski definition) is 0. The van der Waals surface area contributed by atoms with Gasteiger partial charge in [-0.2, -0.15) is 0 Å². The zero-order valence-electron chi connectivity index (χ0n) is 21.7. The van der Waals surface area contributed by atoms with Crippen molar-refractivity contribution >= 4 is 48.3 Å². The normalized spacial score (nSPS) is 14.6. The number of aryl methyl sites for hydroxylation is 1. The molecule has 202 valence electrons. The number of benzene rings is 3. The molecule has 0 atom stereocenters. The van der Waals surface area contributed by atoms with Crippen LogP contribution in [0.5, 0.6) is 11.5 Å². The van der Waals surface area contributed by atoms with E-state index in [1.807, 2.05) is 55.4 Å². The number of carbonyl (C=O) groups excluding carboxylic acids is 1. The summed E-state index contributed by atoms with van der Waals surface area (Å²) in [4.78, 5) is 22.2. The molecule has 0 spiro atoms. The molecule has 0 saturated carbocycles. The van der Waals surface area contributed by atoms with Gasteiger partial charge in [-0.3, -0.25) is 14.0 Å². The molecular formula is C28H28N4O5S2. The quantitative estimate of drug-likeness (QED) is 0.329. The van der Waals surface area contributed by atoms with Gasteiger partial charge in [0.15, 0.2) is 16.6 Å². The van der Waals surface area contributed by atoms with Crippen molar-refractivity contribution in [2.24, 2.45) is 0 Å². The molecule has 3 aromatic carbocycles. The van der Waals surface area contributed by atoms with E-state index in [2.05, 4.69) is 0 Å². The van der Waals surface area contributed by atoms with Gasteiger partial charge in [0, 0.05) is 37.3 Å². The molecule has 11 heteroatoms. The zero-order chi connectivity index (χ0) is 27.1. The molecule has 0 bridgehead atoms. The van der Waals surface area contributed by atoms with Gasteiger partial charge in [0.1, 0.15) is 0 Å². The molecule has 1 aromatic heterocycles. The van der Waals surface area contributed by atoms with E-state index < -0.39 is 10.0 Å². The smallest absolute Gasteiger partial charge is 0.264 e. The predicted molar refractivity (Wildman–Crippen MR) is 152 cm³/mol. The number of para-hydroxylation sites is 1. The van der Waals surface area contributed by atoms with E-state index in [1.54, 1.807) is 17.0 Å². The number of fused-ring (bicyclic) bond motifs is 3. The second kappa shape index (κ2) is 10.1.